The molecule has 0 aromatic carbocycles. The van der Waals surface area contributed by atoms with Crippen LogP contribution in [-0.2, 0) is 0 Å². The molecule has 11 heavy (non-hydrogen) atoms. The molecular weight excluding hydrogens is 214 g/mol. The summed E-state index contributed by atoms with van der Waals surface area (Å²) in [7, 11) is 0. The lowest BCUT2D eigenvalue weighted by molar-refractivity contribution is -0.386. The van der Waals surface area contributed by atoms with Crippen molar-refractivity contribution in [2.75, 3.05) is 0 Å². The first-order chi connectivity index (χ1) is 5.16. The fraction of sp³-hybridized carbons (Fsp3) is 0. The van der Waals surface area contributed by atoms with Gasteiger partial charge < -0.3 is 4.42 Å². The van der Waals surface area contributed by atoms with Gasteiger partial charge in [0.25, 0.3) is 0 Å². The van der Waals surface area contributed by atoms with Crippen molar-refractivity contribution in [3.63, 3.8) is 0 Å². The molecule has 0 saturated carbocycles. The van der Waals surface area contributed by atoms with Gasteiger partial charge in [-0.05, 0) is 22.0 Å². The number of rotatable bonds is 2. The van der Waals surface area contributed by atoms with E-state index < -0.39 is 4.92 Å². The average Bonchev–Trinajstić information content (AvgIpc) is 2.30. The maximum absolute atomic E-state index is 10.3. The highest BCUT2D eigenvalue weighted by Gasteiger charge is 2.20. The normalized spacial score (nSPS) is 9.55. The molecule has 0 unspecified atom stereocenters. The molecule has 0 N–H and O–H groups in total. The van der Waals surface area contributed by atoms with E-state index in [1.807, 2.05) is 0 Å². The Morgan fingerprint density at radius 3 is 2.82 bits per heavy atom. The van der Waals surface area contributed by atoms with E-state index in [4.69, 9.17) is 4.42 Å². The lowest BCUT2D eigenvalue weighted by Gasteiger charge is -1.86. The van der Waals surface area contributed by atoms with Gasteiger partial charge in [-0.1, -0.05) is 6.58 Å². The predicted octanol–water partition coefficient (Wildman–Crippen LogP) is 2.59. The van der Waals surface area contributed by atoms with Crippen LogP contribution >= 0.6 is 15.9 Å². The summed E-state index contributed by atoms with van der Waals surface area (Å²) in [4.78, 5) is 9.81. The van der Waals surface area contributed by atoms with Crippen LogP contribution in [0.2, 0.25) is 0 Å². The van der Waals surface area contributed by atoms with E-state index in [0.717, 1.165) is 0 Å². The first-order valence-electron chi connectivity index (χ1n) is 2.70. The number of nitro groups is 1. The van der Waals surface area contributed by atoms with Crippen LogP contribution in [-0.4, -0.2) is 4.92 Å². The Labute approximate surface area is 70.8 Å². The third kappa shape index (κ3) is 1.32. The molecule has 5 heteroatoms. The van der Waals surface area contributed by atoms with E-state index in [0.29, 0.717) is 4.47 Å². The van der Waals surface area contributed by atoms with Crippen molar-refractivity contribution in [1.29, 1.82) is 0 Å². The van der Waals surface area contributed by atoms with Crippen molar-refractivity contribution >= 4 is 27.7 Å². The molecule has 0 aliphatic heterocycles. The van der Waals surface area contributed by atoms with Gasteiger partial charge in [-0.25, -0.2) is 0 Å². The average molecular weight is 218 g/mol. The predicted molar refractivity (Wildman–Crippen MR) is 43.2 cm³/mol. The molecule has 0 amide bonds. The van der Waals surface area contributed by atoms with Crippen molar-refractivity contribution in [1.82, 2.24) is 0 Å². The van der Waals surface area contributed by atoms with Gasteiger partial charge in [0.15, 0.2) is 0 Å². The molecule has 1 rings (SSSR count). The summed E-state index contributed by atoms with van der Waals surface area (Å²) >= 11 is 2.98. The minimum atomic E-state index is -0.523. The molecule has 1 heterocycles. The molecule has 1 aromatic rings. The molecule has 0 spiro atoms. The molecule has 0 saturated heterocycles. The standard InChI is InChI=1S/C6H4BrNO3/c1-2-5-6(8(9)10)4(7)3-11-5/h2-3H,1H2. The molecule has 1 aromatic heterocycles. The maximum Gasteiger partial charge on any atom is 0.328 e. The Morgan fingerprint density at radius 2 is 2.45 bits per heavy atom. The largest absolute Gasteiger partial charge is 0.456 e. The van der Waals surface area contributed by atoms with Crippen molar-refractivity contribution in [2.45, 2.75) is 0 Å². The van der Waals surface area contributed by atoms with Crippen LogP contribution in [0.5, 0.6) is 0 Å². The lowest BCUT2D eigenvalue weighted by Crippen LogP contribution is -1.87. The van der Waals surface area contributed by atoms with Crippen molar-refractivity contribution < 1.29 is 9.34 Å². The highest BCUT2D eigenvalue weighted by atomic mass is 79.9. The third-order valence-electron chi connectivity index (χ3n) is 1.12. The zero-order valence-corrected chi connectivity index (χ0v) is 7.00. The van der Waals surface area contributed by atoms with Crippen LogP contribution in [0.4, 0.5) is 5.69 Å². The summed E-state index contributed by atoms with van der Waals surface area (Å²) in [5.74, 6) is 0.168. The fourth-order valence-corrected chi connectivity index (χ4v) is 1.10. The second-order valence-corrected chi connectivity index (χ2v) is 2.61. The minimum absolute atomic E-state index is 0.0833. The summed E-state index contributed by atoms with van der Waals surface area (Å²) in [6, 6.07) is 0. The van der Waals surface area contributed by atoms with Crippen LogP contribution in [0, 0.1) is 10.1 Å². The smallest absolute Gasteiger partial charge is 0.328 e. The minimum Gasteiger partial charge on any atom is -0.456 e. The lowest BCUT2D eigenvalue weighted by atomic mass is 10.4. The molecule has 58 valence electrons. The highest BCUT2D eigenvalue weighted by Crippen LogP contribution is 2.30. The Kier molecular flexibility index (Phi) is 2.09. The van der Waals surface area contributed by atoms with E-state index in [1.54, 1.807) is 0 Å². The first-order valence-corrected chi connectivity index (χ1v) is 3.50. The molecule has 0 fully saturated rings. The molecule has 0 bridgehead atoms. The van der Waals surface area contributed by atoms with Crippen LogP contribution < -0.4 is 0 Å². The van der Waals surface area contributed by atoms with Gasteiger partial charge in [-0.2, -0.15) is 0 Å². The van der Waals surface area contributed by atoms with Crippen molar-refractivity contribution in [3.05, 3.63) is 33.2 Å². The van der Waals surface area contributed by atoms with Crippen LogP contribution in [0.3, 0.4) is 0 Å². The number of halogens is 1. The van der Waals surface area contributed by atoms with Crippen molar-refractivity contribution in [2.24, 2.45) is 0 Å². The SMILES string of the molecule is C=Cc1occ(Br)c1[N+](=O)[O-]. The van der Waals surface area contributed by atoms with Gasteiger partial charge in [0.05, 0.1) is 4.92 Å². The second kappa shape index (κ2) is 2.87. The highest BCUT2D eigenvalue weighted by molar-refractivity contribution is 9.10. The van der Waals surface area contributed by atoms with E-state index >= 15 is 0 Å². The first kappa shape index (κ1) is 8.00. The Morgan fingerprint density at radius 1 is 1.82 bits per heavy atom. The quantitative estimate of drug-likeness (QED) is 0.566. The van der Waals surface area contributed by atoms with E-state index in [2.05, 4.69) is 22.5 Å². The van der Waals surface area contributed by atoms with E-state index in [9.17, 15) is 10.1 Å². The zero-order valence-electron chi connectivity index (χ0n) is 5.41. The Hall–Kier alpha value is -1.10. The third-order valence-corrected chi connectivity index (χ3v) is 1.68. The van der Waals surface area contributed by atoms with E-state index in [-0.39, 0.29) is 11.4 Å². The monoisotopic (exact) mass is 217 g/mol. The fourth-order valence-electron chi connectivity index (χ4n) is 0.667. The summed E-state index contributed by atoms with van der Waals surface area (Å²) in [5, 5.41) is 10.3. The molecule has 0 aliphatic carbocycles. The number of hydrogen-bond acceptors (Lipinski definition) is 3. The van der Waals surface area contributed by atoms with Crippen molar-refractivity contribution in [3.8, 4) is 0 Å². The van der Waals surface area contributed by atoms with Crippen LogP contribution in [0.15, 0.2) is 21.7 Å². The Balaban J connectivity index is 3.28. The van der Waals surface area contributed by atoms with Gasteiger partial charge in [0.1, 0.15) is 10.7 Å². The van der Waals surface area contributed by atoms with Gasteiger partial charge in [0.2, 0.25) is 5.76 Å². The second-order valence-electron chi connectivity index (χ2n) is 1.76. The van der Waals surface area contributed by atoms with Gasteiger partial charge >= 0.3 is 5.69 Å². The van der Waals surface area contributed by atoms with E-state index in [1.165, 1.54) is 12.3 Å². The maximum atomic E-state index is 10.3. The summed E-state index contributed by atoms with van der Waals surface area (Å²) in [5.41, 5.74) is -0.0833. The van der Waals surface area contributed by atoms with Crippen LogP contribution in [0.1, 0.15) is 5.76 Å². The molecular formula is C6H4BrNO3. The molecule has 0 aliphatic rings. The molecule has 4 nitrogen and oxygen atoms in total. The van der Waals surface area contributed by atoms with Gasteiger partial charge in [-0.3, -0.25) is 10.1 Å². The molecule has 0 radical (unpaired) electrons. The van der Waals surface area contributed by atoms with Gasteiger partial charge in [-0.15, -0.1) is 0 Å². The summed E-state index contributed by atoms with van der Waals surface area (Å²) < 4.78 is 5.13. The number of furan rings is 1. The summed E-state index contributed by atoms with van der Waals surface area (Å²) in [6.07, 6.45) is 2.55. The number of hydrogen-bond donors (Lipinski definition) is 0. The van der Waals surface area contributed by atoms with Crippen LogP contribution in [0.25, 0.3) is 6.08 Å². The summed E-state index contributed by atoms with van der Waals surface area (Å²) in [6.45, 7) is 3.37. The topological polar surface area (TPSA) is 56.3 Å². The zero-order chi connectivity index (χ0) is 8.43. The number of nitrogens with zero attached hydrogens (tertiary/aromatic N) is 1. The Bertz CT molecular complexity index is 305. The molecule has 0 atom stereocenters. The van der Waals surface area contributed by atoms with Gasteiger partial charge in [0, 0.05) is 0 Å².